The van der Waals surface area contributed by atoms with Crippen LogP contribution >= 0.6 is 11.6 Å². The highest BCUT2D eigenvalue weighted by atomic mass is 35.5. The van der Waals surface area contributed by atoms with Crippen LogP contribution in [0, 0.1) is 5.82 Å². The Morgan fingerprint density at radius 1 is 1.18 bits per heavy atom. The third-order valence-corrected chi connectivity index (χ3v) is 6.22. The molecule has 2 aliphatic heterocycles. The van der Waals surface area contributed by atoms with Gasteiger partial charge in [0.1, 0.15) is 17.3 Å². The quantitative estimate of drug-likeness (QED) is 0.393. The average Bonchev–Trinajstić information content (AvgIpc) is 3.08. The maximum atomic E-state index is 14.8. The monoisotopic (exact) mass is 474 g/mol. The second kappa shape index (κ2) is 9.91. The van der Waals surface area contributed by atoms with Crippen LogP contribution in [0.2, 0.25) is 5.02 Å². The number of benzene rings is 2. The molecule has 0 aromatic heterocycles. The zero-order valence-corrected chi connectivity index (χ0v) is 18.8. The van der Waals surface area contributed by atoms with Crippen molar-refractivity contribution in [3.63, 3.8) is 0 Å². The number of Topliss-reactive ketones (excluding diaryl/α,β-unsaturated/α-hetero) is 1. The van der Waals surface area contributed by atoms with Gasteiger partial charge in [-0.15, -0.1) is 0 Å². The minimum absolute atomic E-state index is 0.139. The average molecular weight is 475 g/mol. The number of morpholine rings is 1. The summed E-state index contributed by atoms with van der Waals surface area (Å²) < 4.78 is 25.3. The molecule has 1 N–H and O–H groups in total. The highest BCUT2D eigenvalue weighted by Crippen LogP contribution is 2.41. The number of rotatable bonds is 6. The van der Waals surface area contributed by atoms with Gasteiger partial charge in [0.25, 0.3) is 11.7 Å². The number of hydrogen-bond acceptors (Lipinski definition) is 6. The second-order valence-electron chi connectivity index (χ2n) is 7.82. The fourth-order valence-electron chi connectivity index (χ4n) is 4.17. The van der Waals surface area contributed by atoms with E-state index in [4.69, 9.17) is 21.1 Å². The number of carbonyl (C=O) groups is 2. The van der Waals surface area contributed by atoms with E-state index >= 15 is 0 Å². The van der Waals surface area contributed by atoms with Crippen molar-refractivity contribution in [2.75, 3.05) is 46.5 Å². The number of amides is 1. The number of hydrogen-bond donors (Lipinski definition) is 1. The normalized spacial score (nSPS) is 20.9. The molecule has 2 fully saturated rings. The standard InChI is InChI=1S/C24H24ClFN2O5/c1-32-19-7-6-15(14-17(19)25)22(29)20-21(16-4-2-3-5-18(16)26)28(24(31)23(20)30)9-8-27-10-12-33-13-11-27/h2-7,14,21,29H,8-13H2,1H3/b22-20+/t21-/m1/s1. The smallest absolute Gasteiger partial charge is 0.295 e. The Morgan fingerprint density at radius 3 is 2.58 bits per heavy atom. The van der Waals surface area contributed by atoms with Gasteiger partial charge in [0.05, 0.1) is 37.0 Å². The maximum Gasteiger partial charge on any atom is 0.295 e. The summed E-state index contributed by atoms with van der Waals surface area (Å²) in [7, 11) is 1.46. The lowest BCUT2D eigenvalue weighted by molar-refractivity contribution is -0.140. The summed E-state index contributed by atoms with van der Waals surface area (Å²) in [5, 5.41) is 11.3. The number of halogens is 2. The van der Waals surface area contributed by atoms with Crippen LogP contribution in [0.5, 0.6) is 5.75 Å². The lowest BCUT2D eigenvalue weighted by atomic mass is 9.95. The van der Waals surface area contributed by atoms with Crippen molar-refractivity contribution in [1.29, 1.82) is 0 Å². The molecule has 9 heteroatoms. The zero-order chi connectivity index (χ0) is 23.5. The van der Waals surface area contributed by atoms with E-state index in [9.17, 15) is 19.1 Å². The van der Waals surface area contributed by atoms with Crippen LogP contribution in [-0.2, 0) is 14.3 Å². The number of ketones is 1. The first-order valence-electron chi connectivity index (χ1n) is 10.6. The van der Waals surface area contributed by atoms with E-state index < -0.39 is 29.3 Å². The molecule has 0 bridgehead atoms. The number of nitrogens with zero attached hydrogens (tertiary/aromatic N) is 2. The molecule has 4 rings (SSSR count). The molecule has 0 radical (unpaired) electrons. The molecule has 7 nitrogen and oxygen atoms in total. The lowest BCUT2D eigenvalue weighted by Gasteiger charge is -2.31. The molecular formula is C24H24ClFN2O5. The van der Waals surface area contributed by atoms with Crippen molar-refractivity contribution in [3.8, 4) is 5.75 Å². The number of aliphatic hydroxyl groups excluding tert-OH is 1. The minimum atomic E-state index is -1.06. The van der Waals surface area contributed by atoms with E-state index in [1.165, 1.54) is 42.3 Å². The van der Waals surface area contributed by atoms with Crippen LogP contribution in [0.15, 0.2) is 48.0 Å². The first-order chi connectivity index (χ1) is 15.9. The number of methoxy groups -OCH3 is 1. The van der Waals surface area contributed by atoms with Crippen molar-refractivity contribution in [3.05, 3.63) is 70.0 Å². The molecule has 2 aliphatic rings. The topological polar surface area (TPSA) is 79.3 Å². The summed E-state index contributed by atoms with van der Waals surface area (Å²) in [6.45, 7) is 3.29. The maximum absolute atomic E-state index is 14.8. The summed E-state index contributed by atoms with van der Waals surface area (Å²) in [6.07, 6.45) is 0. The highest BCUT2D eigenvalue weighted by Gasteiger charge is 2.46. The Balaban J connectivity index is 1.76. The molecular weight excluding hydrogens is 451 g/mol. The lowest BCUT2D eigenvalue weighted by Crippen LogP contribution is -2.42. The zero-order valence-electron chi connectivity index (χ0n) is 18.1. The van der Waals surface area contributed by atoms with Gasteiger partial charge in [-0.1, -0.05) is 29.8 Å². The van der Waals surface area contributed by atoms with E-state index in [0.717, 1.165) is 0 Å². The van der Waals surface area contributed by atoms with Gasteiger partial charge in [-0.3, -0.25) is 14.5 Å². The van der Waals surface area contributed by atoms with Gasteiger partial charge < -0.3 is 19.5 Å². The fraction of sp³-hybridized carbons (Fsp3) is 0.333. The van der Waals surface area contributed by atoms with Crippen LogP contribution < -0.4 is 4.74 Å². The Kier molecular flexibility index (Phi) is 6.97. The molecule has 2 aromatic carbocycles. The first-order valence-corrected chi connectivity index (χ1v) is 11.0. The number of likely N-dealkylation sites (tertiary alicyclic amines) is 1. The van der Waals surface area contributed by atoms with E-state index in [0.29, 0.717) is 38.6 Å². The third-order valence-electron chi connectivity index (χ3n) is 5.93. The van der Waals surface area contributed by atoms with Crippen LogP contribution in [0.4, 0.5) is 4.39 Å². The Morgan fingerprint density at radius 2 is 1.91 bits per heavy atom. The molecule has 0 spiro atoms. The van der Waals surface area contributed by atoms with E-state index in [-0.39, 0.29) is 28.3 Å². The molecule has 0 unspecified atom stereocenters. The highest BCUT2D eigenvalue weighted by molar-refractivity contribution is 6.46. The van der Waals surface area contributed by atoms with Crippen molar-refractivity contribution in [2.45, 2.75) is 6.04 Å². The Bertz CT molecular complexity index is 1100. The van der Waals surface area contributed by atoms with Crippen molar-refractivity contribution >= 4 is 29.1 Å². The second-order valence-corrected chi connectivity index (χ2v) is 8.22. The van der Waals surface area contributed by atoms with Gasteiger partial charge in [0.15, 0.2) is 0 Å². The Labute approximate surface area is 195 Å². The first kappa shape index (κ1) is 23.2. The van der Waals surface area contributed by atoms with E-state index in [2.05, 4.69) is 4.90 Å². The molecule has 2 aromatic rings. The molecule has 1 amide bonds. The SMILES string of the molecule is COc1ccc(/C(O)=C2\C(=O)C(=O)N(CCN3CCOCC3)[C@@H]2c2ccccc2F)cc1Cl. The predicted molar refractivity (Wildman–Crippen MR) is 121 cm³/mol. The third kappa shape index (κ3) is 4.59. The van der Waals surface area contributed by atoms with Crippen LogP contribution in [0.25, 0.3) is 5.76 Å². The fourth-order valence-corrected chi connectivity index (χ4v) is 4.43. The largest absolute Gasteiger partial charge is 0.507 e. The number of aliphatic hydroxyl groups is 1. The summed E-state index contributed by atoms with van der Waals surface area (Å²) >= 11 is 6.19. The number of ether oxygens (including phenoxy) is 2. The molecule has 174 valence electrons. The minimum Gasteiger partial charge on any atom is -0.507 e. The summed E-state index contributed by atoms with van der Waals surface area (Å²) in [4.78, 5) is 29.5. The molecule has 0 saturated carbocycles. The van der Waals surface area contributed by atoms with Gasteiger partial charge >= 0.3 is 0 Å². The van der Waals surface area contributed by atoms with Gasteiger partial charge in [0.2, 0.25) is 0 Å². The van der Waals surface area contributed by atoms with Gasteiger partial charge in [-0.25, -0.2) is 4.39 Å². The van der Waals surface area contributed by atoms with Crippen LogP contribution in [0.1, 0.15) is 17.2 Å². The van der Waals surface area contributed by atoms with Crippen LogP contribution in [0.3, 0.4) is 0 Å². The Hall–Kier alpha value is -2.94. The van der Waals surface area contributed by atoms with Crippen molar-refractivity contribution < 1.29 is 28.6 Å². The van der Waals surface area contributed by atoms with E-state index in [1.54, 1.807) is 12.1 Å². The van der Waals surface area contributed by atoms with E-state index in [1.807, 2.05) is 0 Å². The van der Waals surface area contributed by atoms with Gasteiger partial charge in [0, 0.05) is 37.3 Å². The number of carbonyl (C=O) groups excluding carboxylic acids is 2. The summed E-state index contributed by atoms with van der Waals surface area (Å²) in [5.41, 5.74) is 0.196. The molecule has 2 saturated heterocycles. The summed E-state index contributed by atoms with van der Waals surface area (Å²) in [6, 6.07) is 9.39. The summed E-state index contributed by atoms with van der Waals surface area (Å²) in [5.74, 6) is -2.24. The van der Waals surface area contributed by atoms with Gasteiger partial charge in [-0.05, 0) is 24.3 Å². The predicted octanol–water partition coefficient (Wildman–Crippen LogP) is 3.24. The molecule has 0 aliphatic carbocycles. The van der Waals surface area contributed by atoms with Gasteiger partial charge in [-0.2, -0.15) is 0 Å². The van der Waals surface area contributed by atoms with Crippen molar-refractivity contribution in [1.82, 2.24) is 9.80 Å². The van der Waals surface area contributed by atoms with Crippen molar-refractivity contribution in [2.24, 2.45) is 0 Å². The molecule has 1 atom stereocenters. The molecule has 2 heterocycles. The van der Waals surface area contributed by atoms with Crippen LogP contribution in [-0.4, -0.2) is 73.1 Å². The molecule has 33 heavy (non-hydrogen) atoms.